The Bertz CT molecular complexity index is 626. The number of carbonyl (C=O) groups excluding carboxylic acids is 2. The number of benzene rings is 1. The van der Waals surface area contributed by atoms with Crippen LogP contribution >= 0.6 is 0 Å². The summed E-state index contributed by atoms with van der Waals surface area (Å²) in [6, 6.07) is 4.85. The van der Waals surface area contributed by atoms with Gasteiger partial charge in [0, 0.05) is 18.1 Å². The molecule has 17 heavy (non-hydrogen) atoms. The second-order valence-corrected chi connectivity index (χ2v) is 3.67. The van der Waals surface area contributed by atoms with Crippen LogP contribution in [0.1, 0.15) is 0 Å². The van der Waals surface area contributed by atoms with Gasteiger partial charge in [-0.15, -0.1) is 0 Å². The van der Waals surface area contributed by atoms with Crippen LogP contribution in [-0.2, 0) is 4.79 Å². The number of hydrogen-bond donors (Lipinski definition) is 1. The first-order chi connectivity index (χ1) is 8.24. The number of nitrogens with zero attached hydrogens (tertiary/aromatic N) is 3. The Morgan fingerprint density at radius 1 is 1.12 bits per heavy atom. The van der Waals surface area contributed by atoms with Crippen LogP contribution in [0.4, 0.5) is 10.5 Å². The second-order valence-electron chi connectivity index (χ2n) is 3.67. The first-order valence-electron chi connectivity index (χ1n) is 5.06. The lowest BCUT2D eigenvalue weighted by Crippen LogP contribution is -2.27. The van der Waals surface area contributed by atoms with E-state index < -0.39 is 6.03 Å². The number of rotatable bonds is 1. The van der Waals surface area contributed by atoms with Gasteiger partial charge in [0.2, 0.25) is 5.91 Å². The van der Waals surface area contributed by atoms with Gasteiger partial charge >= 0.3 is 6.03 Å². The Hall–Kier alpha value is -2.50. The molecule has 0 unspecified atom stereocenters. The normalized spacial score (nSPS) is 15.4. The Morgan fingerprint density at radius 3 is 2.59 bits per heavy atom. The number of aromatic nitrogens is 2. The molecule has 1 aliphatic heterocycles. The fourth-order valence-corrected chi connectivity index (χ4v) is 1.77. The molecular formula is C11H8N4O2. The lowest BCUT2D eigenvalue weighted by Gasteiger charge is -2.13. The summed E-state index contributed by atoms with van der Waals surface area (Å²) in [6.45, 7) is 0.0462. The van der Waals surface area contributed by atoms with Gasteiger partial charge in [-0.25, -0.2) is 4.79 Å². The zero-order chi connectivity index (χ0) is 11.8. The van der Waals surface area contributed by atoms with E-state index in [9.17, 15) is 9.59 Å². The van der Waals surface area contributed by atoms with Gasteiger partial charge in [0.1, 0.15) is 6.54 Å². The molecule has 1 aromatic heterocycles. The Labute approximate surface area is 96.3 Å². The van der Waals surface area contributed by atoms with Crippen LogP contribution in [0.5, 0.6) is 0 Å². The fraction of sp³-hybridized carbons (Fsp3) is 0.0909. The number of fused-ring (bicyclic) bond motifs is 1. The molecule has 3 amide bonds. The smallest absolute Gasteiger partial charge is 0.285 e. The van der Waals surface area contributed by atoms with Crippen LogP contribution < -0.4 is 10.2 Å². The molecule has 2 aromatic rings. The zero-order valence-corrected chi connectivity index (χ0v) is 8.75. The standard InChI is InChI=1S/C11H8N4O2/c16-10-6-15(11(17)14-10)7-1-2-8-9(5-7)13-4-3-12-8/h1-5H,6H2,(H,14,16,17). The van der Waals surface area contributed by atoms with Crippen LogP contribution in [-0.4, -0.2) is 28.5 Å². The molecule has 0 atom stereocenters. The minimum absolute atomic E-state index is 0.0462. The lowest BCUT2D eigenvalue weighted by molar-refractivity contribution is -0.117. The van der Waals surface area contributed by atoms with Crippen LogP contribution in [0.25, 0.3) is 11.0 Å². The van der Waals surface area contributed by atoms with Gasteiger partial charge in [-0.3, -0.25) is 25.0 Å². The molecule has 0 aliphatic carbocycles. The monoisotopic (exact) mass is 228 g/mol. The molecule has 3 rings (SSSR count). The second kappa shape index (κ2) is 3.51. The van der Waals surface area contributed by atoms with Crippen molar-refractivity contribution in [2.24, 2.45) is 0 Å². The van der Waals surface area contributed by atoms with Gasteiger partial charge in [-0.1, -0.05) is 0 Å². The average molecular weight is 228 g/mol. The van der Waals surface area contributed by atoms with E-state index in [-0.39, 0.29) is 12.5 Å². The van der Waals surface area contributed by atoms with Gasteiger partial charge in [-0.2, -0.15) is 0 Å². The first kappa shape index (κ1) is 9.71. The van der Waals surface area contributed by atoms with Crippen molar-refractivity contribution in [3.8, 4) is 0 Å². The summed E-state index contributed by atoms with van der Waals surface area (Å²) in [6.07, 6.45) is 3.19. The molecule has 1 fully saturated rings. The summed E-state index contributed by atoms with van der Waals surface area (Å²) in [4.78, 5) is 32.2. The molecule has 0 bridgehead atoms. The van der Waals surface area contributed by atoms with Crippen molar-refractivity contribution in [3.63, 3.8) is 0 Å². The molecule has 84 valence electrons. The SMILES string of the molecule is O=C1CN(c2ccc3nccnc3c2)C(=O)N1. The summed E-state index contributed by atoms with van der Waals surface area (Å²) < 4.78 is 0. The molecule has 0 saturated carbocycles. The summed E-state index contributed by atoms with van der Waals surface area (Å²) in [7, 11) is 0. The Morgan fingerprint density at radius 2 is 1.88 bits per heavy atom. The third-order valence-electron chi connectivity index (χ3n) is 2.56. The zero-order valence-electron chi connectivity index (χ0n) is 8.75. The predicted octanol–water partition coefficient (Wildman–Crippen LogP) is 0.686. The molecule has 0 spiro atoms. The minimum Gasteiger partial charge on any atom is -0.285 e. The third kappa shape index (κ3) is 1.59. The first-order valence-corrected chi connectivity index (χ1v) is 5.06. The number of nitrogens with one attached hydrogen (secondary N) is 1. The van der Waals surface area contributed by atoms with E-state index in [0.717, 1.165) is 5.52 Å². The van der Waals surface area contributed by atoms with Crippen molar-refractivity contribution in [3.05, 3.63) is 30.6 Å². The van der Waals surface area contributed by atoms with E-state index in [2.05, 4.69) is 15.3 Å². The molecule has 0 radical (unpaired) electrons. The summed E-state index contributed by atoms with van der Waals surface area (Å²) in [5.74, 6) is -0.297. The van der Waals surface area contributed by atoms with E-state index in [1.807, 2.05) is 0 Å². The van der Waals surface area contributed by atoms with E-state index >= 15 is 0 Å². The average Bonchev–Trinajstić information content (AvgIpc) is 2.68. The van der Waals surface area contributed by atoms with Crippen LogP contribution in [0, 0.1) is 0 Å². The third-order valence-corrected chi connectivity index (χ3v) is 2.56. The van der Waals surface area contributed by atoms with E-state index in [1.54, 1.807) is 30.6 Å². The largest absolute Gasteiger partial charge is 0.329 e. The highest BCUT2D eigenvalue weighted by molar-refractivity contribution is 6.12. The van der Waals surface area contributed by atoms with Gasteiger partial charge in [-0.05, 0) is 18.2 Å². The minimum atomic E-state index is -0.404. The van der Waals surface area contributed by atoms with Crippen molar-refractivity contribution >= 4 is 28.7 Å². The summed E-state index contributed by atoms with van der Waals surface area (Å²) >= 11 is 0. The molecule has 1 aromatic carbocycles. The quantitative estimate of drug-likeness (QED) is 0.728. The molecule has 6 heteroatoms. The molecule has 1 saturated heterocycles. The topological polar surface area (TPSA) is 75.2 Å². The van der Waals surface area contributed by atoms with Crippen LogP contribution in [0.2, 0.25) is 0 Å². The highest BCUT2D eigenvalue weighted by atomic mass is 16.2. The maximum Gasteiger partial charge on any atom is 0.329 e. The predicted molar refractivity (Wildman–Crippen MR) is 60.4 cm³/mol. The van der Waals surface area contributed by atoms with Crippen molar-refractivity contribution in [1.82, 2.24) is 15.3 Å². The molecule has 6 nitrogen and oxygen atoms in total. The van der Waals surface area contributed by atoms with Crippen molar-refractivity contribution < 1.29 is 9.59 Å². The maximum atomic E-state index is 11.5. The van der Waals surface area contributed by atoms with E-state index in [0.29, 0.717) is 11.2 Å². The fourth-order valence-electron chi connectivity index (χ4n) is 1.77. The Balaban J connectivity index is 2.06. The molecule has 1 N–H and O–H groups in total. The number of urea groups is 1. The maximum absolute atomic E-state index is 11.5. The van der Waals surface area contributed by atoms with Gasteiger partial charge < -0.3 is 0 Å². The van der Waals surface area contributed by atoms with Crippen LogP contribution in [0.3, 0.4) is 0 Å². The number of hydrogen-bond acceptors (Lipinski definition) is 4. The van der Waals surface area contributed by atoms with E-state index in [4.69, 9.17) is 0 Å². The summed E-state index contributed by atoms with van der Waals surface area (Å²) in [5, 5.41) is 2.23. The lowest BCUT2D eigenvalue weighted by atomic mass is 10.2. The van der Waals surface area contributed by atoms with Gasteiger partial charge in [0.05, 0.1) is 11.0 Å². The molecule has 1 aliphatic rings. The Kier molecular flexibility index (Phi) is 2.01. The van der Waals surface area contributed by atoms with Crippen molar-refractivity contribution in [2.45, 2.75) is 0 Å². The van der Waals surface area contributed by atoms with Crippen molar-refractivity contribution in [1.29, 1.82) is 0 Å². The van der Waals surface area contributed by atoms with Gasteiger partial charge in [0.25, 0.3) is 0 Å². The molecule has 2 heterocycles. The highest BCUT2D eigenvalue weighted by Crippen LogP contribution is 2.20. The highest BCUT2D eigenvalue weighted by Gasteiger charge is 2.27. The molecular weight excluding hydrogens is 220 g/mol. The number of imide groups is 1. The number of amides is 3. The van der Waals surface area contributed by atoms with Crippen molar-refractivity contribution in [2.75, 3.05) is 11.4 Å². The van der Waals surface area contributed by atoms with E-state index in [1.165, 1.54) is 4.90 Å². The summed E-state index contributed by atoms with van der Waals surface area (Å²) in [5.41, 5.74) is 2.08. The number of anilines is 1. The van der Waals surface area contributed by atoms with Crippen LogP contribution in [0.15, 0.2) is 30.6 Å². The number of carbonyl (C=O) groups is 2. The van der Waals surface area contributed by atoms with Gasteiger partial charge in [0.15, 0.2) is 0 Å².